The number of allylic oxidation sites excluding steroid dienone is 8. The lowest BCUT2D eigenvalue weighted by molar-refractivity contribution is -0.152. The van der Waals surface area contributed by atoms with E-state index in [2.05, 4.69) is 95.3 Å². The fraction of sp³-hybridized carbons (Fsp3) is 0.809. The van der Waals surface area contributed by atoms with Crippen molar-refractivity contribution in [2.24, 2.45) is 11.3 Å². The molecular formula is C47H85NO2. The lowest BCUT2D eigenvalue weighted by Gasteiger charge is -2.25. The zero-order valence-electron chi connectivity index (χ0n) is 34.5. The van der Waals surface area contributed by atoms with Crippen LogP contribution in [0.15, 0.2) is 48.6 Å². The third kappa shape index (κ3) is 22.4. The van der Waals surface area contributed by atoms with Crippen LogP contribution in [0.2, 0.25) is 0 Å². The second-order valence-electron chi connectivity index (χ2n) is 16.2. The summed E-state index contributed by atoms with van der Waals surface area (Å²) in [6.07, 6.45) is 54.4. The molecule has 0 amide bonds. The quantitative estimate of drug-likeness (QED) is 0.0375. The minimum Gasteiger partial charge on any atom is -0.465 e. The summed E-state index contributed by atoms with van der Waals surface area (Å²) in [5.41, 5.74) is -0.427. The van der Waals surface area contributed by atoms with Crippen LogP contribution in [0.25, 0.3) is 0 Å². The second kappa shape index (κ2) is 31.0. The van der Waals surface area contributed by atoms with Crippen LogP contribution in [0.5, 0.6) is 0 Å². The van der Waals surface area contributed by atoms with Gasteiger partial charge in [0.1, 0.15) is 0 Å². The van der Waals surface area contributed by atoms with Crippen molar-refractivity contribution in [1.29, 1.82) is 0 Å². The first kappa shape index (κ1) is 46.4. The maximum absolute atomic E-state index is 13.1. The number of carbonyl (C=O) groups excluding carboxylic acids is 1. The Kier molecular flexibility index (Phi) is 28.7. The van der Waals surface area contributed by atoms with Crippen LogP contribution in [0.4, 0.5) is 0 Å². The van der Waals surface area contributed by atoms with E-state index in [-0.39, 0.29) is 16.9 Å². The summed E-state index contributed by atoms with van der Waals surface area (Å²) in [6.45, 7) is 9.43. The lowest BCUT2D eigenvalue weighted by atomic mass is 9.94. The van der Waals surface area contributed by atoms with Gasteiger partial charge in [0.15, 0.2) is 0 Å². The van der Waals surface area contributed by atoms with Gasteiger partial charge in [0.25, 0.3) is 0 Å². The molecule has 0 radical (unpaired) electrons. The molecule has 1 aliphatic carbocycles. The number of carbonyl (C=O) groups is 1. The monoisotopic (exact) mass is 696 g/mol. The highest BCUT2D eigenvalue weighted by Crippen LogP contribution is 2.59. The van der Waals surface area contributed by atoms with Gasteiger partial charge >= 0.3 is 5.97 Å². The van der Waals surface area contributed by atoms with E-state index in [1.807, 2.05) is 0 Å². The number of nitrogens with zero attached hydrogens (tertiary/aromatic N) is 1. The first-order chi connectivity index (χ1) is 24.3. The Morgan fingerprint density at radius 1 is 0.560 bits per heavy atom. The van der Waals surface area contributed by atoms with E-state index in [1.54, 1.807) is 0 Å². The number of unbranched alkanes of at least 4 members (excludes halogenated alkanes) is 19. The zero-order chi connectivity index (χ0) is 36.6. The summed E-state index contributed by atoms with van der Waals surface area (Å²) in [4.78, 5) is 15.3. The van der Waals surface area contributed by atoms with E-state index in [0.29, 0.717) is 12.5 Å². The molecule has 3 nitrogen and oxygen atoms in total. The molecule has 290 valence electrons. The van der Waals surface area contributed by atoms with Gasteiger partial charge in [0.05, 0.1) is 12.0 Å². The summed E-state index contributed by atoms with van der Waals surface area (Å²) in [5, 5.41) is 0. The van der Waals surface area contributed by atoms with Crippen molar-refractivity contribution in [2.45, 2.75) is 213 Å². The van der Waals surface area contributed by atoms with E-state index < -0.39 is 0 Å². The molecule has 1 rings (SSSR count). The molecule has 0 N–H and O–H groups in total. The molecule has 1 aliphatic rings. The fourth-order valence-corrected chi connectivity index (χ4v) is 7.27. The smallest absolute Gasteiger partial charge is 0.313 e. The topological polar surface area (TPSA) is 29.5 Å². The first-order valence-electron chi connectivity index (χ1n) is 21.8. The van der Waals surface area contributed by atoms with Crippen molar-refractivity contribution < 1.29 is 9.53 Å². The minimum atomic E-state index is -0.359. The van der Waals surface area contributed by atoms with Crippen molar-refractivity contribution in [3.05, 3.63) is 48.6 Å². The molecule has 0 saturated heterocycles. The molecule has 0 aromatic carbocycles. The van der Waals surface area contributed by atoms with Crippen molar-refractivity contribution in [3.8, 4) is 0 Å². The van der Waals surface area contributed by atoms with Gasteiger partial charge in [-0.3, -0.25) is 4.79 Å². The van der Waals surface area contributed by atoms with Gasteiger partial charge < -0.3 is 9.64 Å². The van der Waals surface area contributed by atoms with Crippen LogP contribution in [0.3, 0.4) is 0 Å². The van der Waals surface area contributed by atoms with Gasteiger partial charge in [0.2, 0.25) is 0 Å². The maximum atomic E-state index is 13.1. The summed E-state index contributed by atoms with van der Waals surface area (Å²) >= 11 is 0. The van der Waals surface area contributed by atoms with Crippen LogP contribution >= 0.6 is 0 Å². The maximum Gasteiger partial charge on any atom is 0.313 e. The Morgan fingerprint density at radius 2 is 0.920 bits per heavy atom. The van der Waals surface area contributed by atoms with Crippen LogP contribution in [0, 0.1) is 11.3 Å². The van der Waals surface area contributed by atoms with Crippen LogP contribution < -0.4 is 0 Å². The third-order valence-electron chi connectivity index (χ3n) is 11.5. The number of hydrogen-bond acceptors (Lipinski definition) is 3. The highest BCUT2D eigenvalue weighted by Gasteiger charge is 2.68. The minimum absolute atomic E-state index is 0.0180. The Hall–Kier alpha value is -1.61. The van der Waals surface area contributed by atoms with Crippen molar-refractivity contribution in [1.82, 2.24) is 4.90 Å². The SMILES string of the molecule is CCCCC/C=C\C/C=C\CCCCCCCCCC(CCCCCCCC/C=C\C/C=C\CCCCC)COC(=O)C1(C)CC1(C)N(C)C. The van der Waals surface area contributed by atoms with E-state index in [9.17, 15) is 4.79 Å². The molecule has 1 saturated carbocycles. The summed E-state index contributed by atoms with van der Waals surface area (Å²) in [6, 6.07) is 0. The number of rotatable bonds is 35. The van der Waals surface area contributed by atoms with Crippen molar-refractivity contribution in [3.63, 3.8) is 0 Å². The van der Waals surface area contributed by atoms with Crippen molar-refractivity contribution in [2.75, 3.05) is 20.7 Å². The average molecular weight is 696 g/mol. The third-order valence-corrected chi connectivity index (χ3v) is 11.5. The molecule has 3 atom stereocenters. The lowest BCUT2D eigenvalue weighted by Crippen LogP contribution is -2.37. The molecule has 0 aromatic rings. The van der Waals surface area contributed by atoms with Gasteiger partial charge in [-0.1, -0.05) is 159 Å². The average Bonchev–Trinajstić information content (AvgIpc) is 3.70. The Balaban J connectivity index is 2.22. The second-order valence-corrected chi connectivity index (χ2v) is 16.2. The van der Waals surface area contributed by atoms with Gasteiger partial charge in [-0.2, -0.15) is 0 Å². The van der Waals surface area contributed by atoms with Crippen LogP contribution in [-0.4, -0.2) is 37.1 Å². The molecule has 0 spiro atoms. The number of ether oxygens (including phenoxy) is 1. The fourth-order valence-electron chi connectivity index (χ4n) is 7.27. The van der Waals surface area contributed by atoms with Crippen LogP contribution in [-0.2, 0) is 9.53 Å². The van der Waals surface area contributed by atoms with Gasteiger partial charge in [-0.15, -0.1) is 0 Å². The number of esters is 1. The molecule has 0 aliphatic heterocycles. The molecule has 3 heteroatoms. The Morgan fingerprint density at radius 3 is 1.28 bits per heavy atom. The Bertz CT molecular complexity index is 916. The predicted octanol–water partition coefficient (Wildman–Crippen LogP) is 14.7. The number of hydrogen-bond donors (Lipinski definition) is 0. The predicted molar refractivity (Wildman–Crippen MR) is 222 cm³/mol. The summed E-state index contributed by atoms with van der Waals surface area (Å²) in [5.74, 6) is 0.528. The Labute approximate surface area is 313 Å². The van der Waals surface area contributed by atoms with Crippen LogP contribution in [0.1, 0.15) is 207 Å². The molecule has 0 aromatic heterocycles. The first-order valence-corrected chi connectivity index (χ1v) is 21.8. The van der Waals surface area contributed by atoms with Crippen molar-refractivity contribution >= 4 is 5.97 Å². The summed E-state index contributed by atoms with van der Waals surface area (Å²) < 4.78 is 6.05. The largest absolute Gasteiger partial charge is 0.465 e. The summed E-state index contributed by atoms with van der Waals surface area (Å²) in [7, 11) is 4.17. The highest BCUT2D eigenvalue weighted by atomic mass is 16.5. The molecule has 3 unspecified atom stereocenters. The molecule has 0 heterocycles. The highest BCUT2D eigenvalue weighted by molar-refractivity contribution is 5.82. The molecule has 50 heavy (non-hydrogen) atoms. The zero-order valence-corrected chi connectivity index (χ0v) is 34.5. The van der Waals surface area contributed by atoms with Gasteiger partial charge in [-0.05, 0) is 117 Å². The molecule has 0 bridgehead atoms. The molecular weight excluding hydrogens is 611 g/mol. The normalized spacial score (nSPS) is 20.0. The standard InChI is InChI=1S/C47H85NO2/c1-7-9-11-13-15-17-19-21-23-25-27-29-31-33-35-37-39-41-44(42-50-45(49)46(3)43-47(46,4)48(5)6)40-38-36-34-32-30-28-26-24-22-20-18-16-14-12-10-8-2/h15-18,21-24,44H,7-14,19-20,25-43H2,1-6H3/b17-15-,18-16-,23-21-,24-22-. The van der Waals surface area contributed by atoms with E-state index in [0.717, 1.165) is 19.3 Å². The van der Waals surface area contributed by atoms with Gasteiger partial charge in [-0.25, -0.2) is 0 Å². The van der Waals surface area contributed by atoms with Gasteiger partial charge in [0, 0.05) is 5.54 Å². The van der Waals surface area contributed by atoms with E-state index in [1.165, 1.54) is 161 Å². The van der Waals surface area contributed by atoms with E-state index >= 15 is 0 Å². The van der Waals surface area contributed by atoms with E-state index in [4.69, 9.17) is 4.74 Å². The molecule has 1 fully saturated rings.